The summed E-state index contributed by atoms with van der Waals surface area (Å²) < 4.78 is 2.12. The second kappa shape index (κ2) is 6.42. The Morgan fingerprint density at radius 2 is 2.00 bits per heavy atom. The van der Waals surface area contributed by atoms with Gasteiger partial charge in [-0.05, 0) is 57.7 Å². The van der Waals surface area contributed by atoms with E-state index < -0.39 is 0 Å². The largest absolute Gasteiger partial charge is 0.333 e. The number of hydrogen-bond acceptors (Lipinski definition) is 2. The van der Waals surface area contributed by atoms with Crippen LogP contribution in [0.15, 0.2) is 30.6 Å². The summed E-state index contributed by atoms with van der Waals surface area (Å²) in [5.74, 6) is 0.623. The molecular weight excluding hydrogens is 298 g/mol. The van der Waals surface area contributed by atoms with E-state index in [1.165, 1.54) is 0 Å². The summed E-state index contributed by atoms with van der Waals surface area (Å²) in [5, 5.41) is 0. The molecule has 0 unspecified atom stereocenters. The Kier molecular flexibility index (Phi) is 4.48. The van der Waals surface area contributed by atoms with Crippen molar-refractivity contribution in [2.24, 2.45) is 5.92 Å². The average molecular weight is 325 g/mol. The quantitative estimate of drug-likeness (QED) is 0.828. The van der Waals surface area contributed by atoms with Gasteiger partial charge in [-0.1, -0.05) is 13.8 Å². The van der Waals surface area contributed by atoms with Crippen molar-refractivity contribution in [1.82, 2.24) is 14.5 Å². The molecule has 0 radical (unpaired) electrons. The summed E-state index contributed by atoms with van der Waals surface area (Å²) in [7, 11) is 0. The van der Waals surface area contributed by atoms with Crippen molar-refractivity contribution in [3.8, 4) is 5.69 Å². The Balaban J connectivity index is 1.99. The van der Waals surface area contributed by atoms with E-state index >= 15 is 0 Å². The molecule has 2 heterocycles. The van der Waals surface area contributed by atoms with Gasteiger partial charge in [-0.15, -0.1) is 0 Å². The van der Waals surface area contributed by atoms with Crippen molar-refractivity contribution in [2.75, 3.05) is 0 Å². The third-order valence-electron chi connectivity index (χ3n) is 5.14. The zero-order chi connectivity index (χ0) is 17.4. The number of nitrogens with zero attached hydrogens (tertiary/aromatic N) is 3. The molecule has 3 rings (SSSR count). The maximum atomic E-state index is 13.3. The van der Waals surface area contributed by atoms with Crippen molar-refractivity contribution in [1.29, 1.82) is 0 Å². The van der Waals surface area contributed by atoms with Crippen molar-refractivity contribution < 1.29 is 4.79 Å². The lowest BCUT2D eigenvalue weighted by atomic mass is 10.0. The third-order valence-corrected chi connectivity index (χ3v) is 5.14. The van der Waals surface area contributed by atoms with Gasteiger partial charge in [-0.25, -0.2) is 0 Å². The highest BCUT2D eigenvalue weighted by atomic mass is 16.2. The number of hydrogen-bond donors (Lipinski definition) is 0. The first kappa shape index (κ1) is 16.7. The van der Waals surface area contributed by atoms with Crippen LogP contribution in [0.4, 0.5) is 0 Å². The van der Waals surface area contributed by atoms with Gasteiger partial charge in [0, 0.05) is 29.7 Å². The Morgan fingerprint density at radius 1 is 1.29 bits per heavy atom. The first-order valence-corrected chi connectivity index (χ1v) is 8.83. The van der Waals surface area contributed by atoms with E-state index in [0.29, 0.717) is 12.0 Å². The molecule has 128 valence electrons. The summed E-state index contributed by atoms with van der Waals surface area (Å²) in [5.41, 5.74) is 3.88. The highest BCUT2D eigenvalue weighted by Gasteiger charge is 2.38. The summed E-state index contributed by atoms with van der Waals surface area (Å²) in [6.07, 6.45) is 5.86. The predicted octanol–water partition coefficient (Wildman–Crippen LogP) is 4.14. The summed E-state index contributed by atoms with van der Waals surface area (Å²) >= 11 is 0. The summed E-state index contributed by atoms with van der Waals surface area (Å²) in [4.78, 5) is 19.6. The molecule has 4 nitrogen and oxygen atoms in total. The predicted molar refractivity (Wildman–Crippen MR) is 96.5 cm³/mol. The molecule has 2 aromatic rings. The maximum Gasteiger partial charge on any atom is 0.256 e. The van der Waals surface area contributed by atoms with Gasteiger partial charge >= 0.3 is 0 Å². The van der Waals surface area contributed by atoms with Gasteiger partial charge in [0.15, 0.2) is 0 Å². The van der Waals surface area contributed by atoms with E-state index in [1.54, 1.807) is 6.20 Å². The van der Waals surface area contributed by atoms with Gasteiger partial charge in [-0.2, -0.15) is 0 Å². The van der Waals surface area contributed by atoms with Gasteiger partial charge in [-0.3, -0.25) is 9.78 Å². The van der Waals surface area contributed by atoms with E-state index in [2.05, 4.69) is 35.2 Å². The molecule has 4 heteroatoms. The van der Waals surface area contributed by atoms with E-state index in [-0.39, 0.29) is 11.9 Å². The second-order valence-corrected chi connectivity index (χ2v) is 7.26. The number of amides is 1. The fourth-order valence-electron chi connectivity index (χ4n) is 3.36. The Bertz CT molecular complexity index is 729. The van der Waals surface area contributed by atoms with Crippen LogP contribution in [-0.4, -0.2) is 32.4 Å². The van der Waals surface area contributed by atoms with Crippen molar-refractivity contribution in [2.45, 2.75) is 59.5 Å². The molecule has 0 bridgehead atoms. The highest BCUT2D eigenvalue weighted by Crippen LogP contribution is 2.33. The number of carbonyl (C=O) groups is 1. The fraction of sp³-hybridized carbons (Fsp3) is 0.500. The fourth-order valence-corrected chi connectivity index (χ4v) is 3.36. The van der Waals surface area contributed by atoms with Crippen LogP contribution in [0.2, 0.25) is 0 Å². The molecule has 1 atom stereocenters. The van der Waals surface area contributed by atoms with Gasteiger partial charge in [0.05, 0.1) is 17.4 Å². The van der Waals surface area contributed by atoms with E-state index in [4.69, 9.17) is 0 Å². The maximum absolute atomic E-state index is 13.3. The number of aromatic nitrogens is 2. The van der Waals surface area contributed by atoms with Crippen molar-refractivity contribution >= 4 is 5.91 Å². The van der Waals surface area contributed by atoms with Crippen molar-refractivity contribution in [3.05, 3.63) is 47.5 Å². The highest BCUT2D eigenvalue weighted by molar-refractivity contribution is 5.96. The second-order valence-electron chi connectivity index (χ2n) is 7.26. The van der Waals surface area contributed by atoms with Crippen LogP contribution in [0.25, 0.3) is 5.69 Å². The zero-order valence-electron chi connectivity index (χ0n) is 15.3. The molecule has 0 N–H and O–H groups in total. The topological polar surface area (TPSA) is 38.1 Å². The van der Waals surface area contributed by atoms with Crippen LogP contribution in [0, 0.1) is 19.8 Å². The minimum absolute atomic E-state index is 0.168. The molecule has 2 aromatic heterocycles. The first-order chi connectivity index (χ1) is 11.4. The molecule has 1 aliphatic carbocycles. The van der Waals surface area contributed by atoms with Crippen LogP contribution >= 0.6 is 0 Å². The molecule has 0 spiro atoms. The molecule has 0 saturated heterocycles. The van der Waals surface area contributed by atoms with Crippen LogP contribution in [0.3, 0.4) is 0 Å². The molecule has 0 aliphatic heterocycles. The van der Waals surface area contributed by atoms with Gasteiger partial charge in [0.1, 0.15) is 0 Å². The lowest BCUT2D eigenvalue weighted by molar-refractivity contribution is 0.0627. The molecule has 24 heavy (non-hydrogen) atoms. The Morgan fingerprint density at radius 3 is 2.54 bits per heavy atom. The Hall–Kier alpha value is -2.10. The number of rotatable bonds is 5. The SMILES string of the molecule is Cc1cc(C(=O)N(C2CC2)[C@H](C)C(C)C)c(C)n1-c1cccnc1. The molecule has 1 aliphatic rings. The molecule has 1 fully saturated rings. The molecule has 1 amide bonds. The first-order valence-electron chi connectivity index (χ1n) is 8.83. The van der Waals surface area contributed by atoms with Gasteiger partial charge in [0.25, 0.3) is 5.91 Å². The van der Waals surface area contributed by atoms with Gasteiger partial charge < -0.3 is 9.47 Å². The lowest BCUT2D eigenvalue weighted by Gasteiger charge is -2.32. The smallest absolute Gasteiger partial charge is 0.256 e. The third kappa shape index (κ3) is 2.97. The zero-order valence-corrected chi connectivity index (χ0v) is 15.3. The van der Waals surface area contributed by atoms with E-state index in [0.717, 1.165) is 35.5 Å². The molecule has 0 aromatic carbocycles. The minimum atomic E-state index is 0.168. The molecule has 1 saturated carbocycles. The van der Waals surface area contributed by atoms with Gasteiger partial charge in [0.2, 0.25) is 0 Å². The van der Waals surface area contributed by atoms with Crippen LogP contribution in [-0.2, 0) is 0 Å². The molecular formula is C20H27N3O. The normalized spacial score (nSPS) is 15.6. The van der Waals surface area contributed by atoms with E-state index in [9.17, 15) is 4.79 Å². The summed E-state index contributed by atoms with van der Waals surface area (Å²) in [6.45, 7) is 10.6. The lowest BCUT2D eigenvalue weighted by Crippen LogP contribution is -2.43. The number of aryl methyl sites for hydroxylation is 1. The standard InChI is InChI=1S/C20H27N3O/c1-13(2)15(4)23(17-8-9-17)20(24)19-11-14(3)22(16(19)5)18-7-6-10-21-12-18/h6-7,10-13,15,17H,8-9H2,1-5H3/t15-/m1/s1. The van der Waals surface area contributed by atoms with Crippen LogP contribution < -0.4 is 0 Å². The number of pyridine rings is 1. The monoisotopic (exact) mass is 325 g/mol. The summed E-state index contributed by atoms with van der Waals surface area (Å²) in [6, 6.07) is 6.64. The van der Waals surface area contributed by atoms with Crippen LogP contribution in [0.1, 0.15) is 55.4 Å². The average Bonchev–Trinajstić information content (AvgIpc) is 3.33. The van der Waals surface area contributed by atoms with Crippen LogP contribution in [0.5, 0.6) is 0 Å². The number of carbonyl (C=O) groups excluding carboxylic acids is 1. The minimum Gasteiger partial charge on any atom is -0.333 e. The van der Waals surface area contributed by atoms with E-state index in [1.807, 2.05) is 38.2 Å². The van der Waals surface area contributed by atoms with Crippen molar-refractivity contribution in [3.63, 3.8) is 0 Å². The Labute approximate surface area is 144 Å².